The first-order valence-electron chi connectivity index (χ1n) is 5.95. The third-order valence-corrected chi connectivity index (χ3v) is 3.43. The molecule has 0 aliphatic heterocycles. The quantitative estimate of drug-likeness (QED) is 0.872. The Morgan fingerprint density at radius 2 is 2.20 bits per heavy atom. The lowest BCUT2D eigenvalue weighted by atomic mass is 10.2. The summed E-state index contributed by atoms with van der Waals surface area (Å²) in [6.07, 6.45) is 2.63. The van der Waals surface area contributed by atoms with Gasteiger partial charge >= 0.3 is 6.55 Å². The number of methoxy groups -OCH3 is 1. The van der Waals surface area contributed by atoms with Crippen LogP contribution in [0.5, 0.6) is 5.75 Å². The topological polar surface area (TPSA) is 39.1 Å². The molecule has 2 aromatic rings. The Morgan fingerprint density at radius 3 is 2.90 bits per heavy atom. The highest BCUT2D eigenvalue weighted by atomic mass is 79.9. The number of hydrogen-bond donors (Lipinski definition) is 1. The maximum absolute atomic E-state index is 12.7. The fraction of sp³-hybridized carbons (Fsp3) is 0.308. The van der Waals surface area contributed by atoms with E-state index < -0.39 is 6.55 Å². The first-order chi connectivity index (χ1) is 9.63. The van der Waals surface area contributed by atoms with Crippen LogP contribution in [0.4, 0.5) is 8.78 Å². The van der Waals surface area contributed by atoms with Crippen molar-refractivity contribution in [3.63, 3.8) is 0 Å². The van der Waals surface area contributed by atoms with Crippen LogP contribution < -0.4 is 10.1 Å². The molecule has 0 unspecified atom stereocenters. The van der Waals surface area contributed by atoms with Crippen molar-refractivity contribution >= 4 is 15.9 Å². The van der Waals surface area contributed by atoms with Crippen LogP contribution in [0.15, 0.2) is 35.1 Å². The van der Waals surface area contributed by atoms with E-state index in [4.69, 9.17) is 4.74 Å². The van der Waals surface area contributed by atoms with Gasteiger partial charge in [0, 0.05) is 24.5 Å². The molecule has 0 saturated carbocycles. The molecule has 0 atom stereocenters. The van der Waals surface area contributed by atoms with Gasteiger partial charge in [-0.3, -0.25) is 4.57 Å². The average molecular weight is 346 g/mol. The maximum Gasteiger partial charge on any atom is 0.319 e. The SMILES string of the molecule is COc1c(Br)cccc1CNCc1nccn1C(F)F. The highest BCUT2D eigenvalue weighted by Crippen LogP contribution is 2.28. The van der Waals surface area contributed by atoms with E-state index >= 15 is 0 Å². The number of hydrogen-bond acceptors (Lipinski definition) is 3. The fourth-order valence-electron chi connectivity index (χ4n) is 1.89. The summed E-state index contributed by atoms with van der Waals surface area (Å²) < 4.78 is 32.3. The Hall–Kier alpha value is -1.47. The molecule has 0 saturated heterocycles. The molecule has 1 aromatic carbocycles. The molecule has 0 aliphatic rings. The monoisotopic (exact) mass is 345 g/mol. The predicted octanol–water partition coefficient (Wildman–Crippen LogP) is 3.34. The minimum atomic E-state index is -2.57. The molecule has 108 valence electrons. The molecule has 1 aromatic heterocycles. The number of rotatable bonds is 6. The Kier molecular flexibility index (Phi) is 5.08. The van der Waals surface area contributed by atoms with E-state index in [-0.39, 0.29) is 6.54 Å². The number of alkyl halides is 2. The minimum Gasteiger partial charge on any atom is -0.495 e. The molecule has 0 spiro atoms. The zero-order valence-electron chi connectivity index (χ0n) is 10.8. The summed E-state index contributed by atoms with van der Waals surface area (Å²) in [5.74, 6) is 1.03. The zero-order chi connectivity index (χ0) is 14.5. The Bertz CT molecular complexity index is 574. The van der Waals surface area contributed by atoms with E-state index in [1.54, 1.807) is 7.11 Å². The summed E-state index contributed by atoms with van der Waals surface area (Å²) in [5, 5.41) is 3.08. The highest BCUT2D eigenvalue weighted by molar-refractivity contribution is 9.10. The first-order valence-corrected chi connectivity index (χ1v) is 6.74. The third-order valence-electron chi connectivity index (χ3n) is 2.81. The van der Waals surface area contributed by atoms with Gasteiger partial charge in [0.05, 0.1) is 18.1 Å². The first kappa shape index (κ1) is 14.9. The summed E-state index contributed by atoms with van der Waals surface area (Å²) in [6.45, 7) is -1.82. The number of halogens is 3. The number of imidazole rings is 1. The Balaban J connectivity index is 2.00. The molecule has 0 radical (unpaired) electrons. The van der Waals surface area contributed by atoms with Crippen LogP contribution >= 0.6 is 15.9 Å². The van der Waals surface area contributed by atoms with Gasteiger partial charge < -0.3 is 10.1 Å². The standard InChI is InChI=1S/C13H14BrF2N3O/c1-20-12-9(3-2-4-10(12)14)7-17-8-11-18-5-6-19(11)13(15)16/h2-6,13,17H,7-8H2,1H3. The Morgan fingerprint density at radius 1 is 1.40 bits per heavy atom. The third kappa shape index (κ3) is 3.34. The minimum absolute atomic E-state index is 0.257. The van der Waals surface area contributed by atoms with Crippen LogP contribution in [0.2, 0.25) is 0 Å². The van der Waals surface area contributed by atoms with Crippen LogP contribution in [0, 0.1) is 0 Å². The lowest BCUT2D eigenvalue weighted by molar-refractivity contribution is 0.0666. The number of nitrogens with zero attached hydrogens (tertiary/aromatic N) is 2. The molecular formula is C13H14BrF2N3O. The van der Waals surface area contributed by atoms with Gasteiger partial charge in [0.1, 0.15) is 11.6 Å². The Labute approximate surface area is 123 Å². The lowest BCUT2D eigenvalue weighted by Gasteiger charge is -2.11. The van der Waals surface area contributed by atoms with Gasteiger partial charge in [-0.15, -0.1) is 0 Å². The number of nitrogens with one attached hydrogen (secondary N) is 1. The zero-order valence-corrected chi connectivity index (χ0v) is 12.4. The summed E-state index contributed by atoms with van der Waals surface area (Å²) in [5.41, 5.74) is 0.942. The van der Waals surface area contributed by atoms with Gasteiger partial charge in [-0.1, -0.05) is 12.1 Å². The molecule has 0 bridgehead atoms. The van der Waals surface area contributed by atoms with Crippen molar-refractivity contribution in [3.8, 4) is 5.75 Å². The van der Waals surface area contributed by atoms with Crippen LogP contribution in [0.25, 0.3) is 0 Å². The molecule has 4 nitrogen and oxygen atoms in total. The molecule has 1 N–H and O–H groups in total. The van der Waals surface area contributed by atoms with Crippen LogP contribution in [0.3, 0.4) is 0 Å². The van der Waals surface area contributed by atoms with Crippen molar-refractivity contribution in [2.75, 3.05) is 7.11 Å². The second kappa shape index (κ2) is 6.81. The van der Waals surface area contributed by atoms with Crippen LogP contribution in [0.1, 0.15) is 17.9 Å². The van der Waals surface area contributed by atoms with Gasteiger partial charge in [-0.25, -0.2) is 4.98 Å². The molecule has 7 heteroatoms. The molecular weight excluding hydrogens is 332 g/mol. The number of para-hydroxylation sites is 1. The summed E-state index contributed by atoms with van der Waals surface area (Å²) in [6, 6.07) is 5.69. The van der Waals surface area contributed by atoms with E-state index in [9.17, 15) is 8.78 Å². The van der Waals surface area contributed by atoms with E-state index in [0.717, 1.165) is 20.4 Å². The van der Waals surface area contributed by atoms with E-state index in [0.29, 0.717) is 12.4 Å². The summed E-state index contributed by atoms with van der Waals surface area (Å²) >= 11 is 3.40. The largest absolute Gasteiger partial charge is 0.495 e. The molecule has 0 fully saturated rings. The van der Waals surface area contributed by atoms with Crippen molar-refractivity contribution in [3.05, 3.63) is 46.5 Å². The van der Waals surface area contributed by atoms with Crippen molar-refractivity contribution in [2.24, 2.45) is 0 Å². The number of benzene rings is 1. The fourth-order valence-corrected chi connectivity index (χ4v) is 2.46. The molecule has 2 rings (SSSR count). The van der Waals surface area contributed by atoms with Gasteiger partial charge in [-0.2, -0.15) is 8.78 Å². The van der Waals surface area contributed by atoms with Crippen LogP contribution in [-0.4, -0.2) is 16.7 Å². The second-order valence-electron chi connectivity index (χ2n) is 4.06. The maximum atomic E-state index is 12.7. The lowest BCUT2D eigenvalue weighted by Crippen LogP contribution is -2.17. The van der Waals surface area contributed by atoms with Gasteiger partial charge in [0.15, 0.2) is 0 Å². The van der Waals surface area contributed by atoms with E-state index in [1.165, 1.54) is 12.4 Å². The smallest absolute Gasteiger partial charge is 0.319 e. The highest BCUT2D eigenvalue weighted by Gasteiger charge is 2.11. The van der Waals surface area contributed by atoms with Crippen molar-refractivity contribution < 1.29 is 13.5 Å². The summed E-state index contributed by atoms with van der Waals surface area (Å²) in [4.78, 5) is 3.91. The second-order valence-corrected chi connectivity index (χ2v) is 4.92. The van der Waals surface area contributed by atoms with Crippen molar-refractivity contribution in [2.45, 2.75) is 19.6 Å². The molecule has 0 aliphatic carbocycles. The predicted molar refractivity (Wildman–Crippen MR) is 74.7 cm³/mol. The van der Waals surface area contributed by atoms with E-state index in [1.807, 2.05) is 18.2 Å². The number of ether oxygens (including phenoxy) is 1. The molecule has 20 heavy (non-hydrogen) atoms. The normalized spacial score (nSPS) is 11.1. The molecule has 0 amide bonds. The van der Waals surface area contributed by atoms with E-state index in [2.05, 4.69) is 26.2 Å². The van der Waals surface area contributed by atoms with Gasteiger partial charge in [0.25, 0.3) is 0 Å². The summed E-state index contributed by atoms with van der Waals surface area (Å²) in [7, 11) is 1.59. The van der Waals surface area contributed by atoms with Crippen molar-refractivity contribution in [1.29, 1.82) is 0 Å². The number of aromatic nitrogens is 2. The van der Waals surface area contributed by atoms with Crippen LogP contribution in [-0.2, 0) is 13.1 Å². The van der Waals surface area contributed by atoms with Gasteiger partial charge in [-0.05, 0) is 22.0 Å². The molecule has 1 heterocycles. The van der Waals surface area contributed by atoms with Gasteiger partial charge in [0.2, 0.25) is 0 Å². The average Bonchev–Trinajstić information content (AvgIpc) is 2.87. The van der Waals surface area contributed by atoms with Crippen molar-refractivity contribution in [1.82, 2.24) is 14.9 Å².